The van der Waals surface area contributed by atoms with Gasteiger partial charge in [-0.3, -0.25) is 14.4 Å². The zero-order valence-electron chi connectivity index (χ0n) is 17.7. The quantitative estimate of drug-likeness (QED) is 0.855. The Kier molecular flexibility index (Phi) is 5.38. The van der Waals surface area contributed by atoms with Crippen molar-refractivity contribution in [1.29, 1.82) is 0 Å². The molecule has 1 aliphatic carbocycles. The molecule has 0 radical (unpaired) electrons. The average Bonchev–Trinajstić information content (AvgIpc) is 2.98. The largest absolute Gasteiger partial charge is 0.349 e. The van der Waals surface area contributed by atoms with Crippen molar-refractivity contribution in [2.75, 3.05) is 27.2 Å². The molecule has 0 aromatic carbocycles. The number of fused-ring (bicyclic) bond motifs is 2. The fourth-order valence-electron chi connectivity index (χ4n) is 4.27. The van der Waals surface area contributed by atoms with Crippen LogP contribution >= 0.6 is 0 Å². The number of piperidine rings is 1. The molecule has 1 N–H and O–H groups in total. The lowest BCUT2D eigenvalue weighted by atomic mass is 9.76. The summed E-state index contributed by atoms with van der Waals surface area (Å²) in [5, 5.41) is 0. The molecule has 1 aromatic rings. The molecule has 1 saturated heterocycles. The summed E-state index contributed by atoms with van der Waals surface area (Å²) in [5.41, 5.74) is 1.46. The number of aromatic nitrogens is 2. The molecule has 3 rings (SSSR count). The molecular formula is C21H32N4O3. The van der Waals surface area contributed by atoms with Crippen LogP contribution in [0.4, 0.5) is 0 Å². The second kappa shape index (κ2) is 7.33. The molecule has 1 aromatic heterocycles. The third-order valence-electron chi connectivity index (χ3n) is 6.21. The topological polar surface area (TPSA) is 86.4 Å². The molecule has 0 unspecified atom stereocenters. The zero-order valence-corrected chi connectivity index (χ0v) is 17.7. The Bertz CT molecular complexity index is 827. The van der Waals surface area contributed by atoms with Gasteiger partial charge in [0.1, 0.15) is 5.82 Å². The number of rotatable bonds is 3. The fourth-order valence-corrected chi connectivity index (χ4v) is 4.27. The molecule has 2 amide bonds. The van der Waals surface area contributed by atoms with Crippen molar-refractivity contribution in [1.82, 2.24) is 19.8 Å². The highest BCUT2D eigenvalue weighted by atomic mass is 16.2. The van der Waals surface area contributed by atoms with Gasteiger partial charge in [-0.25, -0.2) is 4.98 Å². The van der Waals surface area contributed by atoms with Gasteiger partial charge < -0.3 is 14.8 Å². The number of likely N-dealkylation sites (tertiary alicyclic amines) is 1. The van der Waals surface area contributed by atoms with Crippen molar-refractivity contribution >= 4 is 11.8 Å². The Hall–Kier alpha value is -2.18. The Morgan fingerprint density at radius 2 is 1.79 bits per heavy atom. The van der Waals surface area contributed by atoms with Crippen LogP contribution in [0.3, 0.4) is 0 Å². The summed E-state index contributed by atoms with van der Waals surface area (Å²) in [6.07, 6.45) is 3.84. The highest BCUT2D eigenvalue weighted by Crippen LogP contribution is 2.44. The van der Waals surface area contributed by atoms with Crippen molar-refractivity contribution in [3.63, 3.8) is 0 Å². The standard InChI is InChI=1S/C21H32N4O3/c1-20(2,3)19-22-17-14(18(28)23-19)8-9-21(17)10-12-25(13-11-21)16(27)7-6-15(26)24(4)5/h6-13H2,1-5H3,(H,22,23,28). The third-order valence-corrected chi connectivity index (χ3v) is 6.21. The van der Waals surface area contributed by atoms with E-state index >= 15 is 0 Å². The fraction of sp³-hybridized carbons (Fsp3) is 0.714. The SMILES string of the molecule is CN(C)C(=O)CCC(=O)N1CCC2(CCc3c2nc(C(C)(C)C)[nH]c3=O)CC1. The normalized spacial score (nSPS) is 18.2. The highest BCUT2D eigenvalue weighted by molar-refractivity contribution is 5.83. The van der Waals surface area contributed by atoms with Gasteiger partial charge in [-0.2, -0.15) is 0 Å². The van der Waals surface area contributed by atoms with E-state index in [1.807, 2.05) is 4.90 Å². The Labute approximate surface area is 166 Å². The van der Waals surface area contributed by atoms with E-state index in [0.717, 1.165) is 42.8 Å². The number of hydrogen-bond acceptors (Lipinski definition) is 4. The molecule has 7 heteroatoms. The summed E-state index contributed by atoms with van der Waals surface area (Å²) in [7, 11) is 3.41. The second-order valence-corrected chi connectivity index (χ2v) is 9.44. The van der Waals surface area contributed by atoms with Crippen LogP contribution in [0.15, 0.2) is 4.79 Å². The Balaban J connectivity index is 1.72. The molecule has 28 heavy (non-hydrogen) atoms. The predicted octanol–water partition coefficient (Wildman–Crippen LogP) is 1.74. The second-order valence-electron chi connectivity index (χ2n) is 9.44. The summed E-state index contributed by atoms with van der Waals surface area (Å²) >= 11 is 0. The minimum absolute atomic E-state index is 0.00694. The van der Waals surface area contributed by atoms with E-state index in [9.17, 15) is 14.4 Å². The molecular weight excluding hydrogens is 356 g/mol. The van der Waals surface area contributed by atoms with Gasteiger partial charge in [0.25, 0.3) is 5.56 Å². The van der Waals surface area contributed by atoms with E-state index in [1.165, 1.54) is 4.90 Å². The van der Waals surface area contributed by atoms with Crippen molar-refractivity contribution in [2.45, 2.75) is 70.1 Å². The smallest absolute Gasteiger partial charge is 0.254 e. The van der Waals surface area contributed by atoms with Gasteiger partial charge >= 0.3 is 0 Å². The number of H-pyrrole nitrogens is 1. The van der Waals surface area contributed by atoms with E-state index in [0.29, 0.717) is 13.1 Å². The highest BCUT2D eigenvalue weighted by Gasteiger charge is 2.45. The van der Waals surface area contributed by atoms with Crippen LogP contribution in [0.5, 0.6) is 0 Å². The van der Waals surface area contributed by atoms with E-state index in [1.54, 1.807) is 14.1 Å². The summed E-state index contributed by atoms with van der Waals surface area (Å²) in [6.45, 7) is 7.47. The molecule has 1 aliphatic heterocycles. The van der Waals surface area contributed by atoms with Gasteiger partial charge in [-0.05, 0) is 25.7 Å². The van der Waals surface area contributed by atoms with Gasteiger partial charge in [-0.15, -0.1) is 0 Å². The zero-order chi connectivity index (χ0) is 20.7. The van der Waals surface area contributed by atoms with Crippen LogP contribution in [0, 0.1) is 0 Å². The van der Waals surface area contributed by atoms with E-state index in [-0.39, 0.29) is 41.0 Å². The van der Waals surface area contributed by atoms with Gasteiger partial charge in [0.2, 0.25) is 11.8 Å². The molecule has 0 saturated carbocycles. The maximum Gasteiger partial charge on any atom is 0.254 e. The van der Waals surface area contributed by atoms with Crippen LogP contribution in [-0.2, 0) is 26.8 Å². The summed E-state index contributed by atoms with van der Waals surface area (Å²) in [5.74, 6) is 0.750. The first kappa shape index (κ1) is 20.6. The van der Waals surface area contributed by atoms with Gasteiger partial charge in [0.15, 0.2) is 0 Å². The number of nitrogens with zero attached hydrogens (tertiary/aromatic N) is 3. The number of aromatic amines is 1. The third kappa shape index (κ3) is 3.84. The van der Waals surface area contributed by atoms with Crippen molar-refractivity contribution < 1.29 is 9.59 Å². The molecule has 0 bridgehead atoms. The van der Waals surface area contributed by atoms with Gasteiger partial charge in [0, 0.05) is 56.4 Å². The number of nitrogens with one attached hydrogen (secondary N) is 1. The first-order chi connectivity index (χ1) is 13.0. The molecule has 2 heterocycles. The first-order valence-corrected chi connectivity index (χ1v) is 10.2. The molecule has 0 atom stereocenters. The van der Waals surface area contributed by atoms with Crippen LogP contribution < -0.4 is 5.56 Å². The molecule has 1 spiro atoms. The molecule has 154 valence electrons. The molecule has 2 aliphatic rings. The van der Waals surface area contributed by atoms with Gasteiger partial charge in [0.05, 0.1) is 5.69 Å². The lowest BCUT2D eigenvalue weighted by Crippen LogP contribution is -2.45. The van der Waals surface area contributed by atoms with E-state index < -0.39 is 0 Å². The maximum absolute atomic E-state index is 12.6. The lowest BCUT2D eigenvalue weighted by Gasteiger charge is -2.39. The number of hydrogen-bond donors (Lipinski definition) is 1. The lowest BCUT2D eigenvalue weighted by molar-refractivity contribution is -0.137. The van der Waals surface area contributed by atoms with E-state index in [4.69, 9.17) is 4.98 Å². The minimum atomic E-state index is -0.215. The van der Waals surface area contributed by atoms with E-state index in [2.05, 4.69) is 25.8 Å². The number of carbonyl (C=O) groups excluding carboxylic acids is 2. The van der Waals surface area contributed by atoms with Crippen LogP contribution in [0.1, 0.15) is 70.0 Å². The molecule has 1 fully saturated rings. The monoisotopic (exact) mass is 388 g/mol. The van der Waals surface area contributed by atoms with Crippen molar-refractivity contribution in [3.05, 3.63) is 27.4 Å². The summed E-state index contributed by atoms with van der Waals surface area (Å²) < 4.78 is 0. The van der Waals surface area contributed by atoms with Crippen LogP contribution in [-0.4, -0.2) is 58.8 Å². The van der Waals surface area contributed by atoms with Crippen molar-refractivity contribution in [3.8, 4) is 0 Å². The predicted molar refractivity (Wildman–Crippen MR) is 107 cm³/mol. The Morgan fingerprint density at radius 1 is 1.14 bits per heavy atom. The van der Waals surface area contributed by atoms with Gasteiger partial charge in [-0.1, -0.05) is 20.8 Å². The minimum Gasteiger partial charge on any atom is -0.349 e. The average molecular weight is 389 g/mol. The molecule has 7 nitrogen and oxygen atoms in total. The Morgan fingerprint density at radius 3 is 2.36 bits per heavy atom. The van der Waals surface area contributed by atoms with Crippen LogP contribution in [0.25, 0.3) is 0 Å². The number of amides is 2. The van der Waals surface area contributed by atoms with Crippen molar-refractivity contribution in [2.24, 2.45) is 0 Å². The summed E-state index contributed by atoms with van der Waals surface area (Å²) in [6, 6.07) is 0. The maximum atomic E-state index is 12.6. The first-order valence-electron chi connectivity index (χ1n) is 10.2. The summed E-state index contributed by atoms with van der Waals surface area (Å²) in [4.78, 5) is 48.1. The number of carbonyl (C=O) groups is 2. The van der Waals surface area contributed by atoms with Crippen LogP contribution in [0.2, 0.25) is 0 Å².